The Morgan fingerprint density at radius 1 is 1.20 bits per heavy atom. The van der Waals surface area contributed by atoms with Gasteiger partial charge in [0.2, 0.25) is 0 Å². The Kier molecular flexibility index (Phi) is 6.01. The lowest BCUT2D eigenvalue weighted by Crippen LogP contribution is -2.30. The summed E-state index contributed by atoms with van der Waals surface area (Å²) in [4.78, 5) is 12.9. The lowest BCUT2D eigenvalue weighted by atomic mass is 10.2. The van der Waals surface area contributed by atoms with Gasteiger partial charge in [0.1, 0.15) is 6.54 Å². The Morgan fingerprint density at radius 2 is 1.80 bits per heavy atom. The maximum Gasteiger partial charge on any atom is 0.323 e. The molecule has 0 aromatic heterocycles. The van der Waals surface area contributed by atoms with Crippen LogP contribution in [0.2, 0.25) is 0 Å². The molecule has 1 aromatic rings. The Morgan fingerprint density at radius 3 is 2.25 bits per heavy atom. The fourth-order valence-electron chi connectivity index (χ4n) is 1.84. The summed E-state index contributed by atoms with van der Waals surface area (Å²) in [6.07, 6.45) is 1.86. The fraction of sp³-hybridized carbons (Fsp3) is 0.500. The second-order valence-corrected chi connectivity index (χ2v) is 6.84. The Bertz CT molecular complexity index is 537. The first kappa shape index (κ1) is 16.5. The zero-order valence-corrected chi connectivity index (χ0v) is 12.7. The normalized spacial score (nSPS) is 11.3. The maximum absolute atomic E-state index is 11.7. The molecule has 5 nitrogen and oxygen atoms in total. The van der Waals surface area contributed by atoms with Crippen LogP contribution in [0.15, 0.2) is 29.2 Å². The average Bonchev–Trinajstić information content (AvgIpc) is 2.43. The second kappa shape index (κ2) is 7.28. The van der Waals surface area contributed by atoms with Crippen LogP contribution in [0.5, 0.6) is 0 Å². The van der Waals surface area contributed by atoms with Crippen molar-refractivity contribution >= 4 is 21.5 Å². The fourth-order valence-corrected chi connectivity index (χ4v) is 2.73. The van der Waals surface area contributed by atoms with Crippen molar-refractivity contribution in [2.24, 2.45) is 0 Å². The first-order valence-electron chi connectivity index (χ1n) is 6.70. The first-order chi connectivity index (χ1) is 9.40. The van der Waals surface area contributed by atoms with E-state index >= 15 is 0 Å². The molecule has 1 aromatic carbocycles. The largest absolute Gasteiger partial charge is 0.480 e. The summed E-state index contributed by atoms with van der Waals surface area (Å²) in [5.74, 6) is -0.840. The summed E-state index contributed by atoms with van der Waals surface area (Å²) in [5, 5.41) is 8.93. The van der Waals surface area contributed by atoms with Crippen molar-refractivity contribution in [2.75, 3.05) is 23.7 Å². The lowest BCUT2D eigenvalue weighted by Gasteiger charge is -2.22. The van der Waals surface area contributed by atoms with Crippen molar-refractivity contribution in [3.05, 3.63) is 24.3 Å². The number of hydrogen-bond acceptors (Lipinski definition) is 4. The monoisotopic (exact) mass is 299 g/mol. The topological polar surface area (TPSA) is 74.7 Å². The molecule has 6 heteroatoms. The van der Waals surface area contributed by atoms with Crippen LogP contribution in [0, 0.1) is 0 Å². The smallest absolute Gasteiger partial charge is 0.323 e. The van der Waals surface area contributed by atoms with Gasteiger partial charge in [-0.15, -0.1) is 0 Å². The molecule has 20 heavy (non-hydrogen) atoms. The number of carboxylic acid groups (broad SMARTS) is 1. The van der Waals surface area contributed by atoms with Gasteiger partial charge in [-0.2, -0.15) is 0 Å². The van der Waals surface area contributed by atoms with Crippen LogP contribution < -0.4 is 4.90 Å². The minimum atomic E-state index is -3.22. The number of aliphatic carboxylic acids is 1. The van der Waals surface area contributed by atoms with Gasteiger partial charge in [0.05, 0.1) is 10.6 Å². The predicted octanol–water partition coefficient (Wildman–Crippen LogP) is 2.17. The summed E-state index contributed by atoms with van der Waals surface area (Å²) in [6, 6.07) is 6.41. The van der Waals surface area contributed by atoms with E-state index in [0.29, 0.717) is 6.54 Å². The van der Waals surface area contributed by atoms with Crippen LogP contribution >= 0.6 is 0 Å². The molecule has 0 amide bonds. The van der Waals surface area contributed by atoms with Gasteiger partial charge >= 0.3 is 5.97 Å². The third kappa shape index (κ3) is 4.52. The molecule has 0 fully saturated rings. The quantitative estimate of drug-likeness (QED) is 0.796. The van der Waals surface area contributed by atoms with Crippen molar-refractivity contribution in [1.29, 1.82) is 0 Å². The Labute approximate surface area is 120 Å². The van der Waals surface area contributed by atoms with Gasteiger partial charge < -0.3 is 10.0 Å². The highest BCUT2D eigenvalue weighted by Gasteiger charge is 2.14. The standard InChI is InChI=1S/C14H21NO4S/c1-3-5-10-15(11-14(16)17)12-6-8-13(9-7-12)20(18,19)4-2/h6-9H,3-5,10-11H2,1-2H3,(H,16,17). The van der Waals surface area contributed by atoms with Gasteiger partial charge in [-0.05, 0) is 30.7 Å². The molecule has 0 aliphatic rings. The molecular weight excluding hydrogens is 278 g/mol. The zero-order valence-electron chi connectivity index (χ0n) is 11.9. The molecule has 0 aliphatic carbocycles. The number of unbranched alkanes of at least 4 members (excludes halogenated alkanes) is 1. The van der Waals surface area contributed by atoms with E-state index in [1.54, 1.807) is 24.0 Å². The molecule has 112 valence electrons. The van der Waals surface area contributed by atoms with Crippen LogP contribution in [-0.4, -0.2) is 38.3 Å². The van der Waals surface area contributed by atoms with E-state index in [2.05, 4.69) is 0 Å². The summed E-state index contributed by atoms with van der Waals surface area (Å²) < 4.78 is 23.4. The van der Waals surface area contributed by atoms with E-state index in [4.69, 9.17) is 5.11 Å². The summed E-state index contributed by atoms with van der Waals surface area (Å²) >= 11 is 0. The number of anilines is 1. The Hall–Kier alpha value is -1.56. The van der Waals surface area contributed by atoms with Crippen LogP contribution in [0.4, 0.5) is 5.69 Å². The molecule has 0 saturated heterocycles. The molecule has 1 rings (SSSR count). The van der Waals surface area contributed by atoms with Gasteiger partial charge in [0, 0.05) is 12.2 Å². The van der Waals surface area contributed by atoms with E-state index in [0.717, 1.165) is 18.5 Å². The van der Waals surface area contributed by atoms with Crippen LogP contribution in [-0.2, 0) is 14.6 Å². The SMILES string of the molecule is CCCCN(CC(=O)O)c1ccc(S(=O)(=O)CC)cc1. The zero-order chi connectivity index (χ0) is 15.2. The number of benzene rings is 1. The van der Waals surface area contributed by atoms with E-state index < -0.39 is 15.8 Å². The first-order valence-corrected chi connectivity index (χ1v) is 8.35. The highest BCUT2D eigenvalue weighted by Crippen LogP contribution is 2.19. The number of carboxylic acids is 1. The highest BCUT2D eigenvalue weighted by molar-refractivity contribution is 7.91. The van der Waals surface area contributed by atoms with Crippen molar-refractivity contribution in [2.45, 2.75) is 31.6 Å². The lowest BCUT2D eigenvalue weighted by molar-refractivity contribution is -0.135. The number of hydrogen-bond donors (Lipinski definition) is 1. The molecule has 0 bridgehead atoms. The average molecular weight is 299 g/mol. The molecule has 0 atom stereocenters. The van der Waals surface area contributed by atoms with Crippen molar-refractivity contribution in [3.8, 4) is 0 Å². The van der Waals surface area contributed by atoms with Crippen molar-refractivity contribution in [3.63, 3.8) is 0 Å². The molecule has 0 aliphatic heterocycles. The number of nitrogens with zero attached hydrogens (tertiary/aromatic N) is 1. The van der Waals surface area contributed by atoms with Crippen molar-refractivity contribution < 1.29 is 18.3 Å². The number of carbonyl (C=O) groups is 1. The van der Waals surface area contributed by atoms with Crippen LogP contribution in [0.3, 0.4) is 0 Å². The molecule has 0 saturated carbocycles. The number of sulfone groups is 1. The third-order valence-electron chi connectivity index (χ3n) is 3.05. The molecule has 0 spiro atoms. The van der Waals surface area contributed by atoms with Gasteiger partial charge in [0.25, 0.3) is 0 Å². The Balaban J connectivity index is 2.95. The van der Waals surface area contributed by atoms with E-state index in [1.165, 1.54) is 12.1 Å². The van der Waals surface area contributed by atoms with Gasteiger partial charge in [-0.3, -0.25) is 4.79 Å². The van der Waals surface area contributed by atoms with Crippen LogP contribution in [0.25, 0.3) is 0 Å². The van der Waals surface area contributed by atoms with E-state index in [1.807, 2.05) is 6.92 Å². The summed E-state index contributed by atoms with van der Waals surface area (Å²) in [5.41, 5.74) is 0.732. The molecule has 0 unspecified atom stereocenters. The predicted molar refractivity (Wildman–Crippen MR) is 78.9 cm³/mol. The molecular formula is C14H21NO4S. The van der Waals surface area contributed by atoms with E-state index in [-0.39, 0.29) is 17.2 Å². The minimum Gasteiger partial charge on any atom is -0.480 e. The maximum atomic E-state index is 11.7. The van der Waals surface area contributed by atoms with E-state index in [9.17, 15) is 13.2 Å². The van der Waals surface area contributed by atoms with Gasteiger partial charge in [0.15, 0.2) is 9.84 Å². The van der Waals surface area contributed by atoms with Crippen LogP contribution in [0.1, 0.15) is 26.7 Å². The van der Waals surface area contributed by atoms with Crippen molar-refractivity contribution in [1.82, 2.24) is 0 Å². The summed E-state index contributed by atoms with van der Waals surface area (Å²) in [7, 11) is -3.22. The van der Waals surface area contributed by atoms with Gasteiger partial charge in [-0.1, -0.05) is 20.3 Å². The number of rotatable bonds is 8. The highest BCUT2D eigenvalue weighted by atomic mass is 32.2. The molecule has 0 heterocycles. The molecule has 1 N–H and O–H groups in total. The minimum absolute atomic E-state index is 0.0566. The van der Waals surface area contributed by atoms with Gasteiger partial charge in [-0.25, -0.2) is 8.42 Å². The second-order valence-electron chi connectivity index (χ2n) is 4.57. The summed E-state index contributed by atoms with van der Waals surface area (Å²) in [6.45, 7) is 4.19. The third-order valence-corrected chi connectivity index (χ3v) is 4.80. The molecule has 0 radical (unpaired) electrons.